The zero-order valence-electron chi connectivity index (χ0n) is 10.5. The van der Waals surface area contributed by atoms with Gasteiger partial charge in [-0.25, -0.2) is 0 Å². The zero-order chi connectivity index (χ0) is 15.4. The Bertz CT molecular complexity index is 692. The highest BCUT2D eigenvalue weighted by molar-refractivity contribution is 9.10. The second-order valence-electron chi connectivity index (χ2n) is 4.04. The van der Waals surface area contributed by atoms with E-state index in [0.29, 0.717) is 21.3 Å². The summed E-state index contributed by atoms with van der Waals surface area (Å²) < 4.78 is 0.856. The average molecular weight is 404 g/mol. The summed E-state index contributed by atoms with van der Waals surface area (Å²) in [5, 5.41) is 6.67. The number of hydrogen-bond donors (Lipinski definition) is 2. The molecule has 0 radical (unpaired) electrons. The van der Waals surface area contributed by atoms with E-state index >= 15 is 0 Å². The molecule has 2 aromatic carbocycles. The minimum absolute atomic E-state index is 0.166. The number of hydrogen-bond acceptors (Lipinski definition) is 2. The van der Waals surface area contributed by atoms with Gasteiger partial charge in [0, 0.05) is 15.1 Å². The maximum absolute atomic E-state index is 12.0. The largest absolute Gasteiger partial charge is 0.331 e. The maximum atomic E-state index is 12.0. The van der Waals surface area contributed by atoms with Gasteiger partial charge >= 0.3 is 0 Å². The number of carbonyl (C=O) groups excluding carboxylic acids is 1. The Morgan fingerprint density at radius 2 is 1.76 bits per heavy atom. The third-order valence-electron chi connectivity index (χ3n) is 2.51. The lowest BCUT2D eigenvalue weighted by Gasteiger charge is -2.11. The van der Waals surface area contributed by atoms with Crippen LogP contribution in [-0.2, 0) is 0 Å². The van der Waals surface area contributed by atoms with Gasteiger partial charge in [0.2, 0.25) is 0 Å². The molecule has 0 unspecified atom stereocenters. The minimum Gasteiger partial charge on any atom is -0.331 e. The van der Waals surface area contributed by atoms with Gasteiger partial charge in [-0.05, 0) is 54.7 Å². The molecule has 1 amide bonds. The van der Waals surface area contributed by atoms with E-state index < -0.39 is 0 Å². The fourth-order valence-electron chi connectivity index (χ4n) is 1.52. The quantitative estimate of drug-likeness (QED) is 0.702. The first-order chi connectivity index (χ1) is 9.95. The Morgan fingerprint density at radius 3 is 2.38 bits per heavy atom. The van der Waals surface area contributed by atoms with Gasteiger partial charge in [-0.3, -0.25) is 10.1 Å². The Labute approximate surface area is 145 Å². The average Bonchev–Trinajstić information content (AvgIpc) is 2.42. The summed E-state index contributed by atoms with van der Waals surface area (Å²) in [4.78, 5) is 12.0. The van der Waals surface area contributed by atoms with Gasteiger partial charge < -0.3 is 5.32 Å². The first kappa shape index (κ1) is 16.2. The van der Waals surface area contributed by atoms with E-state index in [1.807, 2.05) is 6.07 Å². The molecule has 0 aliphatic carbocycles. The lowest BCUT2D eigenvalue weighted by molar-refractivity contribution is 0.0978. The molecule has 2 aromatic rings. The van der Waals surface area contributed by atoms with Gasteiger partial charge in [-0.1, -0.05) is 39.1 Å². The third kappa shape index (κ3) is 4.68. The molecule has 0 aliphatic heterocycles. The van der Waals surface area contributed by atoms with Crippen molar-refractivity contribution in [3.63, 3.8) is 0 Å². The van der Waals surface area contributed by atoms with E-state index in [4.69, 9.17) is 35.4 Å². The standard InChI is InChI=1S/C14H9BrCl2N2OS/c15-9-3-6-12(11(17)7-9)18-14(21)19-13(20)8-1-4-10(16)5-2-8/h1-7H,(H2,18,19,20,21). The van der Waals surface area contributed by atoms with Crippen LogP contribution >= 0.6 is 51.3 Å². The van der Waals surface area contributed by atoms with Crippen LogP contribution < -0.4 is 10.6 Å². The van der Waals surface area contributed by atoms with Crippen molar-refractivity contribution in [2.75, 3.05) is 5.32 Å². The molecule has 2 rings (SSSR count). The molecule has 0 atom stereocenters. The van der Waals surface area contributed by atoms with Gasteiger partial charge in [0.15, 0.2) is 5.11 Å². The van der Waals surface area contributed by atoms with Gasteiger partial charge in [-0.15, -0.1) is 0 Å². The molecular formula is C14H9BrCl2N2OS. The van der Waals surface area contributed by atoms with Crippen LogP contribution in [0.2, 0.25) is 10.0 Å². The molecule has 0 fully saturated rings. The first-order valence-corrected chi connectivity index (χ1v) is 7.74. The van der Waals surface area contributed by atoms with Crippen LogP contribution in [0.5, 0.6) is 0 Å². The molecule has 0 saturated carbocycles. The van der Waals surface area contributed by atoms with Gasteiger partial charge in [-0.2, -0.15) is 0 Å². The van der Waals surface area contributed by atoms with Crippen molar-refractivity contribution >= 4 is 68.1 Å². The van der Waals surface area contributed by atoms with E-state index in [9.17, 15) is 4.79 Å². The number of rotatable bonds is 2. The van der Waals surface area contributed by atoms with Crippen molar-refractivity contribution in [3.05, 3.63) is 62.5 Å². The second kappa shape index (κ2) is 7.22. The molecule has 21 heavy (non-hydrogen) atoms. The molecule has 108 valence electrons. The molecule has 7 heteroatoms. The van der Waals surface area contributed by atoms with Crippen LogP contribution in [0, 0.1) is 0 Å². The zero-order valence-corrected chi connectivity index (χ0v) is 14.4. The van der Waals surface area contributed by atoms with Gasteiger partial charge in [0.05, 0.1) is 10.7 Å². The van der Waals surface area contributed by atoms with Gasteiger partial charge in [0.1, 0.15) is 0 Å². The van der Waals surface area contributed by atoms with Crippen LogP contribution in [0.1, 0.15) is 10.4 Å². The summed E-state index contributed by atoms with van der Waals surface area (Å²) in [5.74, 6) is -0.322. The monoisotopic (exact) mass is 402 g/mol. The number of halogens is 3. The van der Waals surface area contributed by atoms with Crippen molar-refractivity contribution < 1.29 is 4.79 Å². The van der Waals surface area contributed by atoms with E-state index in [1.165, 1.54) is 0 Å². The molecule has 0 saturated heterocycles. The van der Waals surface area contributed by atoms with Crippen LogP contribution in [0.4, 0.5) is 5.69 Å². The Morgan fingerprint density at radius 1 is 1.10 bits per heavy atom. The summed E-state index contributed by atoms with van der Waals surface area (Å²) in [6.45, 7) is 0. The molecule has 0 spiro atoms. The highest BCUT2D eigenvalue weighted by Crippen LogP contribution is 2.25. The topological polar surface area (TPSA) is 41.1 Å². The number of anilines is 1. The predicted octanol–water partition coefficient (Wildman–Crippen LogP) is 4.88. The molecule has 0 heterocycles. The normalized spacial score (nSPS) is 10.0. The summed E-state index contributed by atoms with van der Waals surface area (Å²) >= 11 is 20.2. The van der Waals surface area contributed by atoms with Crippen LogP contribution in [0.15, 0.2) is 46.9 Å². The SMILES string of the molecule is O=C(NC(=S)Nc1ccc(Br)cc1Cl)c1ccc(Cl)cc1. The Balaban J connectivity index is 2.01. The van der Waals surface area contributed by atoms with Crippen molar-refractivity contribution in [2.45, 2.75) is 0 Å². The smallest absolute Gasteiger partial charge is 0.257 e. The van der Waals surface area contributed by atoms with Crippen molar-refractivity contribution in [3.8, 4) is 0 Å². The fourth-order valence-corrected chi connectivity index (χ4v) is 2.57. The molecular weight excluding hydrogens is 395 g/mol. The fraction of sp³-hybridized carbons (Fsp3) is 0. The minimum atomic E-state index is -0.322. The van der Waals surface area contributed by atoms with Crippen LogP contribution in [-0.4, -0.2) is 11.0 Å². The molecule has 0 aliphatic rings. The lowest BCUT2D eigenvalue weighted by Crippen LogP contribution is -2.34. The summed E-state index contributed by atoms with van der Waals surface area (Å²) in [6, 6.07) is 11.8. The van der Waals surface area contributed by atoms with Crippen molar-refractivity contribution in [1.82, 2.24) is 5.32 Å². The Hall–Kier alpha value is -1.14. The molecule has 0 aromatic heterocycles. The van der Waals surface area contributed by atoms with Crippen LogP contribution in [0.25, 0.3) is 0 Å². The predicted molar refractivity (Wildman–Crippen MR) is 94.3 cm³/mol. The molecule has 3 nitrogen and oxygen atoms in total. The first-order valence-electron chi connectivity index (χ1n) is 5.78. The number of amides is 1. The molecule has 2 N–H and O–H groups in total. The van der Waals surface area contributed by atoms with Gasteiger partial charge in [0.25, 0.3) is 5.91 Å². The highest BCUT2D eigenvalue weighted by atomic mass is 79.9. The number of nitrogens with one attached hydrogen (secondary N) is 2. The van der Waals surface area contributed by atoms with E-state index in [1.54, 1.807) is 36.4 Å². The number of carbonyl (C=O) groups is 1. The number of thiocarbonyl (C=S) groups is 1. The summed E-state index contributed by atoms with van der Waals surface area (Å²) in [6.07, 6.45) is 0. The van der Waals surface area contributed by atoms with E-state index in [0.717, 1.165) is 4.47 Å². The lowest BCUT2D eigenvalue weighted by atomic mass is 10.2. The van der Waals surface area contributed by atoms with E-state index in [-0.39, 0.29) is 11.0 Å². The maximum Gasteiger partial charge on any atom is 0.257 e. The summed E-state index contributed by atoms with van der Waals surface area (Å²) in [7, 11) is 0. The third-order valence-corrected chi connectivity index (χ3v) is 3.77. The van der Waals surface area contributed by atoms with Crippen molar-refractivity contribution in [2.24, 2.45) is 0 Å². The Kier molecular flexibility index (Phi) is 5.58. The molecule has 0 bridgehead atoms. The summed E-state index contributed by atoms with van der Waals surface area (Å²) in [5.41, 5.74) is 1.08. The second-order valence-corrected chi connectivity index (χ2v) is 6.21. The number of benzene rings is 2. The highest BCUT2D eigenvalue weighted by Gasteiger charge is 2.09. The van der Waals surface area contributed by atoms with Crippen LogP contribution in [0.3, 0.4) is 0 Å². The van der Waals surface area contributed by atoms with Crippen molar-refractivity contribution in [1.29, 1.82) is 0 Å². The van der Waals surface area contributed by atoms with E-state index in [2.05, 4.69) is 26.6 Å².